The third-order valence-corrected chi connectivity index (χ3v) is 4.37. The van der Waals surface area contributed by atoms with E-state index in [0.717, 1.165) is 28.1 Å². The van der Waals surface area contributed by atoms with Gasteiger partial charge < -0.3 is 5.32 Å². The Bertz CT molecular complexity index is 739. The molecular formula is C17H12ClNO. The largest absolute Gasteiger partial charge is 0.357 e. The molecule has 0 spiro atoms. The molecule has 2 nitrogen and oxygen atoms in total. The lowest BCUT2D eigenvalue weighted by Gasteiger charge is -2.34. The van der Waals surface area contributed by atoms with Crippen LogP contribution < -0.4 is 5.32 Å². The maximum absolute atomic E-state index is 12.8. The summed E-state index contributed by atoms with van der Waals surface area (Å²) in [5.41, 5.74) is 4.60. The quantitative estimate of drug-likeness (QED) is 0.732. The fraction of sp³-hybridized carbons (Fsp3) is 0.118. The number of para-hydroxylation sites is 1. The number of alkyl halides is 1. The number of carbonyl (C=O) groups excluding carboxylic acids is 1. The van der Waals surface area contributed by atoms with Gasteiger partial charge in [0.2, 0.25) is 0 Å². The summed E-state index contributed by atoms with van der Waals surface area (Å²) in [4.78, 5) is 12.8. The minimum atomic E-state index is -0.254. The van der Waals surface area contributed by atoms with Crippen LogP contribution in [0.2, 0.25) is 0 Å². The molecule has 1 aliphatic heterocycles. The van der Waals surface area contributed by atoms with Crippen LogP contribution in [0.1, 0.15) is 10.4 Å². The van der Waals surface area contributed by atoms with Gasteiger partial charge in [-0.25, -0.2) is 0 Å². The van der Waals surface area contributed by atoms with Crippen molar-refractivity contribution in [2.45, 2.75) is 5.38 Å². The number of halogens is 1. The van der Waals surface area contributed by atoms with Crippen LogP contribution in [0.4, 0.5) is 5.69 Å². The molecule has 3 aliphatic rings. The fourth-order valence-corrected chi connectivity index (χ4v) is 3.31. The number of hydrogen-bond donors (Lipinski definition) is 1. The lowest BCUT2D eigenvalue weighted by molar-refractivity contribution is 0.0954. The van der Waals surface area contributed by atoms with Crippen LogP contribution in [0.3, 0.4) is 0 Å². The lowest BCUT2D eigenvalue weighted by atomic mass is 9.76. The summed E-state index contributed by atoms with van der Waals surface area (Å²) < 4.78 is 0. The van der Waals surface area contributed by atoms with Gasteiger partial charge >= 0.3 is 0 Å². The third kappa shape index (κ3) is 1.55. The molecule has 1 N–H and O–H groups in total. The van der Waals surface area contributed by atoms with Crippen molar-refractivity contribution in [3.63, 3.8) is 0 Å². The van der Waals surface area contributed by atoms with Crippen molar-refractivity contribution in [1.29, 1.82) is 0 Å². The highest BCUT2D eigenvalue weighted by atomic mass is 35.5. The van der Waals surface area contributed by atoms with Gasteiger partial charge in [0, 0.05) is 16.9 Å². The van der Waals surface area contributed by atoms with E-state index in [1.165, 1.54) is 0 Å². The summed E-state index contributed by atoms with van der Waals surface area (Å²) in [5.74, 6) is -0.113. The maximum Gasteiger partial charge on any atom is 0.178 e. The standard InChI is InChI=1S/C17H12ClNO/c18-13-6-3-5-11-10(13)8-9-15-16(11)17(20)12-4-1-2-7-14(12)19-15/h1-9,13,16,19H/t13?,16-/m0/s1. The molecule has 0 fully saturated rings. The molecule has 2 aliphatic carbocycles. The Morgan fingerprint density at radius 2 is 1.90 bits per heavy atom. The highest BCUT2D eigenvalue weighted by molar-refractivity contribution is 6.24. The van der Waals surface area contributed by atoms with Gasteiger partial charge in [-0.3, -0.25) is 4.79 Å². The summed E-state index contributed by atoms with van der Waals surface area (Å²) in [6.07, 6.45) is 9.84. The van der Waals surface area contributed by atoms with E-state index in [1.807, 2.05) is 54.6 Å². The van der Waals surface area contributed by atoms with Gasteiger partial charge in [0.1, 0.15) is 0 Å². The number of ketones is 1. The smallest absolute Gasteiger partial charge is 0.178 e. The van der Waals surface area contributed by atoms with Crippen molar-refractivity contribution < 1.29 is 4.79 Å². The van der Waals surface area contributed by atoms with Crippen molar-refractivity contribution in [1.82, 2.24) is 0 Å². The summed E-state index contributed by atoms with van der Waals surface area (Å²) in [6.45, 7) is 0. The molecule has 0 aromatic heterocycles. The molecule has 98 valence electrons. The predicted octanol–water partition coefficient (Wildman–Crippen LogP) is 3.84. The highest BCUT2D eigenvalue weighted by Crippen LogP contribution is 2.42. The minimum absolute atomic E-state index is 0.140. The molecular weight excluding hydrogens is 270 g/mol. The SMILES string of the molecule is O=C1c2ccccc2NC2=CC=C3C(=CC=CC3Cl)[C@H]12. The predicted molar refractivity (Wildman–Crippen MR) is 80.9 cm³/mol. The van der Waals surface area contributed by atoms with E-state index < -0.39 is 0 Å². The number of carbonyl (C=O) groups is 1. The molecule has 1 heterocycles. The number of anilines is 1. The second-order valence-corrected chi connectivity index (χ2v) is 5.59. The Hall–Kier alpha value is -2.06. The molecule has 1 aromatic rings. The average Bonchev–Trinajstić information content (AvgIpc) is 2.47. The van der Waals surface area contributed by atoms with Crippen LogP contribution in [0.5, 0.6) is 0 Å². The summed E-state index contributed by atoms with van der Waals surface area (Å²) >= 11 is 6.31. The first-order valence-corrected chi connectivity index (χ1v) is 7.04. The zero-order valence-electron chi connectivity index (χ0n) is 10.6. The van der Waals surface area contributed by atoms with Crippen molar-refractivity contribution in [2.24, 2.45) is 5.92 Å². The molecule has 3 heteroatoms. The number of nitrogens with one attached hydrogen (secondary N) is 1. The Kier molecular flexibility index (Phi) is 2.48. The Morgan fingerprint density at radius 3 is 2.80 bits per heavy atom. The number of rotatable bonds is 0. The van der Waals surface area contributed by atoms with Crippen LogP contribution in [-0.2, 0) is 0 Å². The molecule has 20 heavy (non-hydrogen) atoms. The second-order valence-electron chi connectivity index (χ2n) is 5.12. The van der Waals surface area contributed by atoms with E-state index in [0.29, 0.717) is 0 Å². The van der Waals surface area contributed by atoms with Crippen LogP contribution in [0.25, 0.3) is 0 Å². The highest BCUT2D eigenvalue weighted by Gasteiger charge is 2.37. The Morgan fingerprint density at radius 1 is 1.05 bits per heavy atom. The first kappa shape index (κ1) is 11.7. The molecule has 0 bridgehead atoms. The van der Waals surface area contributed by atoms with Crippen LogP contribution in [0, 0.1) is 5.92 Å². The van der Waals surface area contributed by atoms with E-state index >= 15 is 0 Å². The molecule has 1 aromatic carbocycles. The van der Waals surface area contributed by atoms with Gasteiger partial charge in [-0.15, -0.1) is 11.6 Å². The van der Waals surface area contributed by atoms with Crippen LogP contribution in [0.15, 0.2) is 71.5 Å². The molecule has 0 amide bonds. The monoisotopic (exact) mass is 281 g/mol. The van der Waals surface area contributed by atoms with E-state index in [1.54, 1.807) is 0 Å². The van der Waals surface area contributed by atoms with Gasteiger partial charge in [0.25, 0.3) is 0 Å². The van der Waals surface area contributed by atoms with Crippen molar-refractivity contribution in [2.75, 3.05) is 5.32 Å². The average molecular weight is 282 g/mol. The number of hydrogen-bond acceptors (Lipinski definition) is 2. The number of benzene rings is 1. The van der Waals surface area contributed by atoms with E-state index in [9.17, 15) is 4.79 Å². The first-order chi connectivity index (χ1) is 9.75. The van der Waals surface area contributed by atoms with Crippen LogP contribution in [-0.4, -0.2) is 11.2 Å². The number of fused-ring (bicyclic) bond motifs is 4. The lowest BCUT2D eigenvalue weighted by Crippen LogP contribution is -2.32. The van der Waals surface area contributed by atoms with Gasteiger partial charge in [-0.05, 0) is 29.4 Å². The summed E-state index contributed by atoms with van der Waals surface area (Å²) in [7, 11) is 0. The first-order valence-electron chi connectivity index (χ1n) is 6.60. The van der Waals surface area contributed by atoms with Crippen LogP contribution >= 0.6 is 11.6 Å². The zero-order chi connectivity index (χ0) is 13.7. The molecule has 0 radical (unpaired) electrons. The molecule has 0 saturated heterocycles. The summed E-state index contributed by atoms with van der Waals surface area (Å²) in [6, 6.07) is 7.63. The van der Waals surface area contributed by atoms with Gasteiger partial charge in [-0.1, -0.05) is 36.4 Å². The van der Waals surface area contributed by atoms with Crippen molar-refractivity contribution in [3.05, 3.63) is 77.1 Å². The molecule has 2 atom stereocenters. The van der Waals surface area contributed by atoms with Crippen molar-refractivity contribution >= 4 is 23.1 Å². The van der Waals surface area contributed by atoms with E-state index in [2.05, 4.69) is 5.32 Å². The number of allylic oxidation sites excluding steroid dienone is 7. The van der Waals surface area contributed by atoms with Gasteiger partial charge in [0.15, 0.2) is 5.78 Å². The van der Waals surface area contributed by atoms with Gasteiger partial charge in [-0.2, -0.15) is 0 Å². The Balaban J connectivity index is 1.89. The number of Topliss-reactive ketones (excluding diaryl/α,β-unsaturated/α-hetero) is 1. The molecule has 0 saturated carbocycles. The summed E-state index contributed by atoms with van der Waals surface area (Å²) in [5, 5.41) is 3.21. The van der Waals surface area contributed by atoms with E-state index in [4.69, 9.17) is 11.6 Å². The van der Waals surface area contributed by atoms with Gasteiger partial charge in [0.05, 0.1) is 11.3 Å². The normalized spacial score (nSPS) is 26.4. The second kappa shape index (κ2) is 4.22. The zero-order valence-corrected chi connectivity index (χ0v) is 11.4. The van der Waals surface area contributed by atoms with Crippen molar-refractivity contribution in [3.8, 4) is 0 Å². The molecule has 1 unspecified atom stereocenters. The van der Waals surface area contributed by atoms with E-state index in [-0.39, 0.29) is 17.1 Å². The maximum atomic E-state index is 12.8. The third-order valence-electron chi connectivity index (χ3n) is 3.98. The molecule has 4 rings (SSSR count). The topological polar surface area (TPSA) is 29.1 Å². The Labute approximate surface area is 122 Å². The fourth-order valence-electron chi connectivity index (χ4n) is 3.02. The minimum Gasteiger partial charge on any atom is -0.357 e.